The molecule has 0 saturated heterocycles. The van der Waals surface area contributed by atoms with E-state index in [4.69, 9.17) is 0 Å². The molecule has 0 spiro atoms. The number of aromatic nitrogens is 6. The van der Waals surface area contributed by atoms with E-state index in [-0.39, 0.29) is 42.4 Å². The van der Waals surface area contributed by atoms with E-state index in [9.17, 15) is 16.8 Å². The third kappa shape index (κ3) is 8.48. The lowest BCUT2D eigenvalue weighted by atomic mass is 10.2. The molecule has 0 bridgehead atoms. The zero-order chi connectivity index (χ0) is 36.2. The number of benzene rings is 4. The second-order valence-electron chi connectivity index (χ2n) is 12.6. The van der Waals surface area contributed by atoms with Crippen molar-refractivity contribution in [1.82, 2.24) is 38.6 Å². The van der Waals surface area contributed by atoms with Crippen LogP contribution in [0.5, 0.6) is 0 Å². The normalized spacial score (nSPS) is 12.2. The molecule has 0 aliphatic carbocycles. The number of hydrogen-bond donors (Lipinski definition) is 0. The predicted molar refractivity (Wildman–Crippen MR) is 194 cm³/mol. The van der Waals surface area contributed by atoms with Crippen molar-refractivity contribution < 1.29 is 16.8 Å². The van der Waals surface area contributed by atoms with Crippen molar-refractivity contribution in [2.24, 2.45) is 0 Å². The lowest BCUT2D eigenvalue weighted by Crippen LogP contribution is -2.36. The molecule has 6 aromatic rings. The van der Waals surface area contributed by atoms with Crippen LogP contribution < -0.4 is 0 Å². The molecule has 0 N–H and O–H groups in total. The van der Waals surface area contributed by atoms with Crippen molar-refractivity contribution >= 4 is 20.0 Å². The molecule has 4 aromatic carbocycles. The fourth-order valence-electron chi connectivity index (χ4n) is 5.46. The first kappa shape index (κ1) is 35.8. The van der Waals surface area contributed by atoms with Crippen LogP contribution in [-0.2, 0) is 33.1 Å². The van der Waals surface area contributed by atoms with Crippen molar-refractivity contribution in [2.45, 2.75) is 57.0 Å². The molecular formula is C37H40N8O4S2. The van der Waals surface area contributed by atoms with Crippen molar-refractivity contribution in [3.05, 3.63) is 143 Å². The largest absolute Gasteiger partial charge is 0.243 e. The van der Waals surface area contributed by atoms with Crippen LogP contribution in [0.1, 0.15) is 40.1 Å². The molecule has 0 atom stereocenters. The van der Waals surface area contributed by atoms with Gasteiger partial charge in [0.2, 0.25) is 20.0 Å². The zero-order valence-electron chi connectivity index (χ0n) is 29.0. The minimum Gasteiger partial charge on any atom is -0.220 e. The van der Waals surface area contributed by atoms with Crippen molar-refractivity contribution in [2.75, 3.05) is 13.1 Å². The quantitative estimate of drug-likeness (QED) is 0.143. The Morgan fingerprint density at radius 2 is 0.804 bits per heavy atom. The third-order valence-electron chi connectivity index (χ3n) is 8.49. The maximum Gasteiger partial charge on any atom is 0.243 e. The molecule has 12 nitrogen and oxygen atoms in total. The van der Waals surface area contributed by atoms with Crippen LogP contribution in [0, 0.1) is 27.7 Å². The van der Waals surface area contributed by atoms with Gasteiger partial charge in [-0.1, -0.05) is 81.2 Å². The smallest absolute Gasteiger partial charge is 0.220 e. The SMILES string of the molecule is Cc1ccc(-n2cc(CN(CCCN(Cc3cn(-c4ccc(C)cc4)nn3)S(=O)(=O)c3ccc(C)cc3)S(=O)(=O)c3ccc(C)cc3)nn2)cc1. The van der Waals surface area contributed by atoms with Crippen LogP contribution in [0.4, 0.5) is 0 Å². The second kappa shape index (κ2) is 15.1. The van der Waals surface area contributed by atoms with Gasteiger partial charge in [0.1, 0.15) is 0 Å². The van der Waals surface area contributed by atoms with Gasteiger partial charge < -0.3 is 0 Å². The summed E-state index contributed by atoms with van der Waals surface area (Å²) >= 11 is 0. The van der Waals surface area contributed by atoms with Crippen LogP contribution in [0.15, 0.2) is 119 Å². The van der Waals surface area contributed by atoms with Crippen LogP contribution >= 0.6 is 0 Å². The first-order chi connectivity index (χ1) is 24.4. The van der Waals surface area contributed by atoms with Gasteiger partial charge in [0.15, 0.2) is 0 Å². The highest BCUT2D eigenvalue weighted by atomic mass is 32.2. The van der Waals surface area contributed by atoms with E-state index in [0.29, 0.717) is 11.4 Å². The van der Waals surface area contributed by atoms with Gasteiger partial charge in [0.25, 0.3) is 0 Å². The maximum atomic E-state index is 14.1. The second-order valence-corrected chi connectivity index (χ2v) is 16.5. The first-order valence-electron chi connectivity index (χ1n) is 16.5. The molecule has 0 aliphatic heterocycles. The zero-order valence-corrected chi connectivity index (χ0v) is 30.6. The Kier molecular flexibility index (Phi) is 10.6. The summed E-state index contributed by atoms with van der Waals surface area (Å²) in [5, 5.41) is 17.0. The monoisotopic (exact) mass is 724 g/mol. The summed E-state index contributed by atoms with van der Waals surface area (Å²) in [5.41, 5.74) is 6.54. The molecule has 0 aliphatic rings. The van der Waals surface area contributed by atoms with Crippen LogP contribution in [0.25, 0.3) is 11.4 Å². The van der Waals surface area contributed by atoms with E-state index in [0.717, 1.165) is 33.6 Å². The number of rotatable bonds is 14. The van der Waals surface area contributed by atoms with Crippen LogP contribution in [0.2, 0.25) is 0 Å². The summed E-state index contributed by atoms with van der Waals surface area (Å²) < 4.78 is 62.1. The molecule has 2 aromatic heterocycles. The van der Waals surface area contributed by atoms with Gasteiger partial charge in [-0.15, -0.1) is 10.2 Å². The molecule has 0 unspecified atom stereocenters. The van der Waals surface area contributed by atoms with Crippen molar-refractivity contribution in [3.63, 3.8) is 0 Å². The average Bonchev–Trinajstić information content (AvgIpc) is 3.78. The average molecular weight is 725 g/mol. The fourth-order valence-corrected chi connectivity index (χ4v) is 8.36. The molecule has 0 saturated carbocycles. The van der Waals surface area contributed by atoms with Crippen LogP contribution in [-0.4, -0.2) is 68.5 Å². The number of nitrogens with zero attached hydrogens (tertiary/aromatic N) is 8. The standard InChI is InChI=1S/C37H40N8O4S2/c1-28-6-14-34(15-7-28)44-26-32(38-40-44)24-42(50(46,47)36-18-10-30(3)11-19-36)22-5-23-43(51(48,49)37-20-12-31(4)13-21-37)25-33-27-45(41-39-33)35-16-8-29(2)9-17-35/h6-21,26-27H,5,22-25H2,1-4H3. The van der Waals surface area contributed by atoms with Gasteiger partial charge in [-0.3, -0.25) is 0 Å². The van der Waals surface area contributed by atoms with E-state index in [1.807, 2.05) is 76.2 Å². The van der Waals surface area contributed by atoms with Crippen LogP contribution in [0.3, 0.4) is 0 Å². The summed E-state index contributed by atoms with van der Waals surface area (Å²) in [6.07, 6.45) is 3.59. The molecule has 0 fully saturated rings. The van der Waals surface area contributed by atoms with E-state index in [1.54, 1.807) is 70.3 Å². The van der Waals surface area contributed by atoms with Gasteiger partial charge in [0.05, 0.1) is 58.0 Å². The Morgan fingerprint density at radius 3 is 1.14 bits per heavy atom. The Hall–Kier alpha value is -5.02. The van der Waals surface area contributed by atoms with E-state index < -0.39 is 20.0 Å². The lowest BCUT2D eigenvalue weighted by molar-refractivity contribution is 0.348. The highest BCUT2D eigenvalue weighted by Gasteiger charge is 2.29. The van der Waals surface area contributed by atoms with Gasteiger partial charge in [0, 0.05) is 13.1 Å². The van der Waals surface area contributed by atoms with Gasteiger partial charge in [-0.25, -0.2) is 26.2 Å². The molecule has 6 rings (SSSR count). The Labute approximate surface area is 299 Å². The summed E-state index contributed by atoms with van der Waals surface area (Å²) in [5.74, 6) is 0. The van der Waals surface area contributed by atoms with Gasteiger partial charge >= 0.3 is 0 Å². The van der Waals surface area contributed by atoms with Crippen molar-refractivity contribution in [3.8, 4) is 11.4 Å². The highest BCUT2D eigenvalue weighted by Crippen LogP contribution is 2.23. The van der Waals surface area contributed by atoms with E-state index in [2.05, 4.69) is 20.6 Å². The lowest BCUT2D eigenvalue weighted by Gasteiger charge is -2.25. The minimum atomic E-state index is -3.99. The Bertz CT molecular complexity index is 2140. The summed E-state index contributed by atoms with van der Waals surface area (Å²) in [4.78, 5) is 0.270. The predicted octanol–water partition coefficient (Wildman–Crippen LogP) is 5.55. The maximum absolute atomic E-state index is 14.1. The fraction of sp³-hybridized carbons (Fsp3) is 0.243. The summed E-state index contributed by atoms with van der Waals surface area (Å²) in [6, 6.07) is 28.8. The number of aryl methyl sites for hydroxylation is 4. The van der Waals surface area contributed by atoms with E-state index in [1.165, 1.54) is 8.61 Å². The Morgan fingerprint density at radius 1 is 0.490 bits per heavy atom. The Balaban J connectivity index is 1.26. The molecule has 2 heterocycles. The molecule has 14 heteroatoms. The minimum absolute atomic E-state index is 0.0174. The number of sulfonamides is 2. The summed E-state index contributed by atoms with van der Waals surface area (Å²) in [6.45, 7) is 7.68. The summed E-state index contributed by atoms with van der Waals surface area (Å²) in [7, 11) is -7.99. The highest BCUT2D eigenvalue weighted by molar-refractivity contribution is 7.89. The van der Waals surface area contributed by atoms with Crippen molar-refractivity contribution in [1.29, 1.82) is 0 Å². The topological polar surface area (TPSA) is 136 Å². The van der Waals surface area contributed by atoms with Gasteiger partial charge in [-0.05, 0) is 82.6 Å². The van der Waals surface area contributed by atoms with Gasteiger partial charge in [-0.2, -0.15) is 8.61 Å². The molecule has 51 heavy (non-hydrogen) atoms. The number of hydrogen-bond acceptors (Lipinski definition) is 8. The molecule has 0 amide bonds. The third-order valence-corrected chi connectivity index (χ3v) is 12.2. The molecular weight excluding hydrogens is 685 g/mol. The molecule has 264 valence electrons. The van der Waals surface area contributed by atoms with E-state index >= 15 is 0 Å². The molecule has 0 radical (unpaired) electrons. The first-order valence-corrected chi connectivity index (χ1v) is 19.4.